The number of hydrogen-bond donors (Lipinski definition) is 1. The topological polar surface area (TPSA) is 96.0 Å². The molecular weight excluding hydrogens is 569 g/mol. The maximum absolute atomic E-state index is 14.0. The third-order valence-electron chi connectivity index (χ3n) is 6.02. The van der Waals surface area contributed by atoms with Crippen LogP contribution in [0.25, 0.3) is 0 Å². The summed E-state index contributed by atoms with van der Waals surface area (Å²) in [5.74, 6) is -1.10. The standard InChI is InChI=1S/C30H35ClFN3O5S/c1-6-40-26-14-12-25(13-15-26)35(41(38,39)27-16-10-24(32)11-17-27)20-28(36)34(19-22-8-7-9-23(31)18-22)21(2)29(37)33-30(3,4)5/h7-18,21H,6,19-20H2,1-5H3,(H,33,37)/t21-/m0/s1. The van der Waals surface area contributed by atoms with Crippen molar-refractivity contribution >= 4 is 39.1 Å². The number of nitrogens with one attached hydrogen (secondary N) is 1. The Kier molecular flexibility index (Phi) is 10.4. The number of sulfonamides is 1. The molecule has 0 aromatic heterocycles. The van der Waals surface area contributed by atoms with Crippen LogP contribution in [0.15, 0.2) is 77.7 Å². The maximum Gasteiger partial charge on any atom is 0.264 e. The highest BCUT2D eigenvalue weighted by atomic mass is 35.5. The molecule has 41 heavy (non-hydrogen) atoms. The van der Waals surface area contributed by atoms with Gasteiger partial charge in [-0.2, -0.15) is 0 Å². The van der Waals surface area contributed by atoms with Crippen LogP contribution >= 0.6 is 11.6 Å². The van der Waals surface area contributed by atoms with E-state index >= 15 is 0 Å². The number of amides is 2. The van der Waals surface area contributed by atoms with E-state index < -0.39 is 45.8 Å². The number of rotatable bonds is 11. The van der Waals surface area contributed by atoms with Gasteiger partial charge in [0, 0.05) is 17.1 Å². The van der Waals surface area contributed by atoms with Crippen LogP contribution in [-0.2, 0) is 26.2 Å². The van der Waals surface area contributed by atoms with E-state index in [1.54, 1.807) is 43.3 Å². The van der Waals surface area contributed by atoms with Crippen LogP contribution in [0.5, 0.6) is 5.75 Å². The summed E-state index contributed by atoms with van der Waals surface area (Å²) in [6.07, 6.45) is 0. The van der Waals surface area contributed by atoms with Gasteiger partial charge in [-0.15, -0.1) is 0 Å². The van der Waals surface area contributed by atoms with Gasteiger partial charge in [0.2, 0.25) is 11.8 Å². The van der Waals surface area contributed by atoms with E-state index in [0.717, 1.165) is 28.6 Å². The fourth-order valence-electron chi connectivity index (χ4n) is 4.03. The predicted octanol–water partition coefficient (Wildman–Crippen LogP) is 5.41. The number of hydrogen-bond acceptors (Lipinski definition) is 5. The predicted molar refractivity (Wildman–Crippen MR) is 158 cm³/mol. The quantitative estimate of drug-likeness (QED) is 0.316. The first-order valence-corrected chi connectivity index (χ1v) is 14.9. The molecule has 1 atom stereocenters. The summed E-state index contributed by atoms with van der Waals surface area (Å²) < 4.78 is 47.7. The average Bonchev–Trinajstić information content (AvgIpc) is 2.90. The highest BCUT2D eigenvalue weighted by Crippen LogP contribution is 2.27. The number of anilines is 1. The molecule has 220 valence electrons. The molecular formula is C30H35ClFN3O5S. The molecule has 3 aromatic rings. The van der Waals surface area contributed by atoms with Gasteiger partial charge in [-0.25, -0.2) is 12.8 Å². The van der Waals surface area contributed by atoms with Crippen LogP contribution in [-0.4, -0.2) is 49.9 Å². The van der Waals surface area contributed by atoms with E-state index in [1.807, 2.05) is 27.7 Å². The molecule has 0 unspecified atom stereocenters. The van der Waals surface area contributed by atoms with E-state index in [4.69, 9.17) is 16.3 Å². The lowest BCUT2D eigenvalue weighted by Crippen LogP contribution is -2.54. The zero-order valence-corrected chi connectivity index (χ0v) is 25.3. The lowest BCUT2D eigenvalue weighted by atomic mass is 10.1. The minimum absolute atomic E-state index is 0.00579. The van der Waals surface area contributed by atoms with E-state index in [1.165, 1.54) is 17.0 Å². The van der Waals surface area contributed by atoms with E-state index in [0.29, 0.717) is 22.9 Å². The van der Waals surface area contributed by atoms with Gasteiger partial charge < -0.3 is 15.0 Å². The summed E-state index contributed by atoms with van der Waals surface area (Å²) >= 11 is 6.17. The van der Waals surface area contributed by atoms with Crippen molar-refractivity contribution < 1.29 is 27.1 Å². The van der Waals surface area contributed by atoms with Gasteiger partial charge in [0.1, 0.15) is 24.2 Å². The van der Waals surface area contributed by atoms with Gasteiger partial charge in [0.25, 0.3) is 10.0 Å². The molecule has 3 rings (SSSR count). The fraction of sp³-hybridized carbons (Fsp3) is 0.333. The molecule has 0 aliphatic rings. The molecule has 0 heterocycles. The molecule has 11 heteroatoms. The summed E-state index contributed by atoms with van der Waals surface area (Å²) in [6, 6.07) is 16.5. The Morgan fingerprint density at radius 1 is 1.02 bits per heavy atom. The minimum Gasteiger partial charge on any atom is -0.494 e. The molecule has 0 spiro atoms. The number of benzene rings is 3. The Hall–Kier alpha value is -3.63. The Balaban J connectivity index is 2.04. The van der Waals surface area contributed by atoms with Crippen molar-refractivity contribution in [3.63, 3.8) is 0 Å². The Morgan fingerprint density at radius 2 is 1.66 bits per heavy atom. The van der Waals surface area contributed by atoms with Gasteiger partial charge in [0.05, 0.1) is 17.2 Å². The highest BCUT2D eigenvalue weighted by Gasteiger charge is 2.33. The Morgan fingerprint density at radius 3 is 2.22 bits per heavy atom. The molecule has 0 fully saturated rings. The maximum atomic E-state index is 14.0. The molecule has 1 N–H and O–H groups in total. The third-order valence-corrected chi connectivity index (χ3v) is 8.05. The van der Waals surface area contributed by atoms with Crippen LogP contribution in [0.2, 0.25) is 5.02 Å². The molecule has 0 radical (unpaired) electrons. The van der Waals surface area contributed by atoms with E-state index in [-0.39, 0.29) is 17.1 Å². The SMILES string of the molecule is CCOc1ccc(N(CC(=O)N(Cc2cccc(Cl)c2)[C@@H](C)C(=O)NC(C)(C)C)S(=O)(=O)c2ccc(F)cc2)cc1. The molecule has 8 nitrogen and oxygen atoms in total. The normalized spacial score (nSPS) is 12.4. The van der Waals surface area contributed by atoms with Crippen molar-refractivity contribution in [2.45, 2.75) is 57.6 Å². The Labute approximate surface area is 246 Å². The van der Waals surface area contributed by atoms with Crippen LogP contribution in [0.1, 0.15) is 40.2 Å². The smallest absolute Gasteiger partial charge is 0.264 e. The molecule has 0 saturated carbocycles. The van der Waals surface area contributed by atoms with E-state index in [9.17, 15) is 22.4 Å². The third kappa shape index (κ3) is 8.68. The second-order valence-corrected chi connectivity index (χ2v) is 12.8. The summed E-state index contributed by atoms with van der Waals surface area (Å²) in [7, 11) is -4.32. The zero-order chi connectivity index (χ0) is 30.4. The lowest BCUT2D eigenvalue weighted by molar-refractivity contribution is -0.140. The summed E-state index contributed by atoms with van der Waals surface area (Å²) in [5.41, 5.74) is 0.298. The monoisotopic (exact) mass is 603 g/mol. The van der Waals surface area contributed by atoms with Crippen molar-refractivity contribution in [3.05, 3.63) is 89.2 Å². The zero-order valence-electron chi connectivity index (χ0n) is 23.7. The first kappa shape index (κ1) is 31.9. The molecule has 3 aromatic carbocycles. The summed E-state index contributed by atoms with van der Waals surface area (Å²) in [6.45, 7) is 8.68. The lowest BCUT2D eigenvalue weighted by Gasteiger charge is -2.33. The number of ether oxygens (including phenoxy) is 1. The fourth-order valence-corrected chi connectivity index (χ4v) is 5.65. The molecule has 2 amide bonds. The van der Waals surface area contributed by atoms with Crippen LogP contribution < -0.4 is 14.4 Å². The van der Waals surface area contributed by atoms with Gasteiger partial charge in [-0.05, 0) is 101 Å². The van der Waals surface area contributed by atoms with Crippen molar-refractivity contribution in [1.29, 1.82) is 0 Å². The minimum atomic E-state index is -4.32. The Bertz CT molecular complexity index is 1460. The first-order valence-electron chi connectivity index (χ1n) is 13.1. The van der Waals surface area contributed by atoms with Crippen molar-refractivity contribution in [3.8, 4) is 5.75 Å². The van der Waals surface area contributed by atoms with Gasteiger partial charge in [-0.3, -0.25) is 13.9 Å². The largest absolute Gasteiger partial charge is 0.494 e. The van der Waals surface area contributed by atoms with Gasteiger partial charge >= 0.3 is 0 Å². The number of halogens is 2. The second kappa shape index (κ2) is 13.4. The van der Waals surface area contributed by atoms with E-state index in [2.05, 4.69) is 5.32 Å². The van der Waals surface area contributed by atoms with Crippen molar-refractivity contribution in [2.75, 3.05) is 17.5 Å². The molecule has 0 aliphatic heterocycles. The summed E-state index contributed by atoms with van der Waals surface area (Å²) in [4.78, 5) is 28.2. The van der Waals surface area contributed by atoms with Crippen molar-refractivity contribution in [2.24, 2.45) is 0 Å². The van der Waals surface area contributed by atoms with Gasteiger partial charge in [-0.1, -0.05) is 23.7 Å². The van der Waals surface area contributed by atoms with Crippen LogP contribution in [0, 0.1) is 5.82 Å². The number of carbonyl (C=O) groups excluding carboxylic acids is 2. The first-order chi connectivity index (χ1) is 19.2. The highest BCUT2D eigenvalue weighted by molar-refractivity contribution is 7.92. The molecule has 0 saturated heterocycles. The van der Waals surface area contributed by atoms with Crippen LogP contribution in [0.4, 0.5) is 10.1 Å². The summed E-state index contributed by atoms with van der Waals surface area (Å²) in [5, 5.41) is 3.33. The number of carbonyl (C=O) groups is 2. The van der Waals surface area contributed by atoms with Crippen molar-refractivity contribution in [1.82, 2.24) is 10.2 Å². The molecule has 0 aliphatic carbocycles. The molecule has 0 bridgehead atoms. The average molecular weight is 604 g/mol. The van der Waals surface area contributed by atoms with Crippen LogP contribution in [0.3, 0.4) is 0 Å². The second-order valence-electron chi connectivity index (χ2n) is 10.5. The number of nitrogens with zero attached hydrogens (tertiary/aromatic N) is 2. The van der Waals surface area contributed by atoms with Gasteiger partial charge in [0.15, 0.2) is 0 Å².